The first-order valence-corrected chi connectivity index (χ1v) is 4.35. The molecule has 4 nitrogen and oxygen atoms in total. The Labute approximate surface area is 81.3 Å². The van der Waals surface area contributed by atoms with Gasteiger partial charge in [-0.1, -0.05) is 0 Å². The normalized spacial score (nSPS) is 12.5. The summed E-state index contributed by atoms with van der Waals surface area (Å²) in [5.74, 6) is 0.506. The van der Waals surface area contributed by atoms with Crippen molar-refractivity contribution in [2.45, 2.75) is 25.8 Å². The number of carbonyl (C=O) groups excluding carboxylic acids is 1. The molecule has 1 aromatic rings. The van der Waals surface area contributed by atoms with E-state index in [0.29, 0.717) is 12.3 Å². The summed E-state index contributed by atoms with van der Waals surface area (Å²) >= 11 is 5.55. The van der Waals surface area contributed by atoms with Crippen molar-refractivity contribution in [1.82, 2.24) is 10.3 Å². The first-order valence-electron chi connectivity index (χ1n) is 3.92. The Hall–Kier alpha value is -1.03. The van der Waals surface area contributed by atoms with Crippen molar-refractivity contribution in [2.75, 3.05) is 0 Å². The van der Waals surface area contributed by atoms with E-state index in [4.69, 9.17) is 16.0 Å². The average Bonchev–Trinajstić information content (AvgIpc) is 2.47. The molecule has 5 heteroatoms. The number of rotatable bonds is 3. The van der Waals surface area contributed by atoms with Gasteiger partial charge in [-0.2, -0.15) is 0 Å². The van der Waals surface area contributed by atoms with Gasteiger partial charge in [0.1, 0.15) is 16.8 Å². The Kier molecular flexibility index (Phi) is 3.31. The maximum absolute atomic E-state index is 11.0. The summed E-state index contributed by atoms with van der Waals surface area (Å²) < 4.78 is 4.96. The molecule has 72 valence electrons. The molecule has 0 radical (unpaired) electrons. The van der Waals surface area contributed by atoms with Crippen LogP contribution in [-0.2, 0) is 11.3 Å². The fourth-order valence-electron chi connectivity index (χ4n) is 0.810. The van der Waals surface area contributed by atoms with Gasteiger partial charge in [0.05, 0.1) is 6.54 Å². The topological polar surface area (TPSA) is 55.1 Å². The zero-order valence-corrected chi connectivity index (χ0v) is 8.26. The molecule has 0 saturated carbocycles. The predicted molar refractivity (Wildman–Crippen MR) is 48.4 cm³/mol. The van der Waals surface area contributed by atoms with E-state index in [9.17, 15) is 4.79 Å². The molecular formula is C8H11ClN2O2. The second kappa shape index (κ2) is 4.28. The highest BCUT2D eigenvalue weighted by Gasteiger charge is 2.10. The van der Waals surface area contributed by atoms with E-state index in [0.717, 1.165) is 5.69 Å². The summed E-state index contributed by atoms with van der Waals surface area (Å²) in [4.78, 5) is 15.0. The summed E-state index contributed by atoms with van der Waals surface area (Å²) in [6, 6.07) is 0. The lowest BCUT2D eigenvalue weighted by Crippen LogP contribution is -2.29. The van der Waals surface area contributed by atoms with Crippen LogP contribution in [0.1, 0.15) is 18.4 Å². The SMILES string of the molecule is Cc1ocnc1CNC(=O)C(C)Cl. The molecule has 0 fully saturated rings. The van der Waals surface area contributed by atoms with Gasteiger partial charge >= 0.3 is 0 Å². The third kappa shape index (κ3) is 2.73. The van der Waals surface area contributed by atoms with Crippen LogP contribution in [0.5, 0.6) is 0 Å². The average molecular weight is 203 g/mol. The lowest BCUT2D eigenvalue weighted by atomic mass is 10.3. The number of hydrogen-bond acceptors (Lipinski definition) is 3. The standard InChI is InChI=1S/C8H11ClN2O2/c1-5(9)8(12)10-3-7-6(2)13-4-11-7/h4-5H,3H2,1-2H3,(H,10,12). The maximum atomic E-state index is 11.0. The van der Waals surface area contributed by atoms with E-state index in [1.165, 1.54) is 6.39 Å². The molecule has 1 amide bonds. The molecule has 1 heterocycles. The maximum Gasteiger partial charge on any atom is 0.238 e. The molecule has 0 aliphatic rings. The molecule has 0 aliphatic carbocycles. The fourth-order valence-corrected chi connectivity index (χ4v) is 0.887. The number of nitrogens with zero attached hydrogens (tertiary/aromatic N) is 1. The van der Waals surface area contributed by atoms with Crippen molar-refractivity contribution in [3.63, 3.8) is 0 Å². The van der Waals surface area contributed by atoms with Gasteiger partial charge in [0, 0.05) is 0 Å². The number of carbonyl (C=O) groups is 1. The lowest BCUT2D eigenvalue weighted by molar-refractivity contribution is -0.120. The molecule has 0 saturated heterocycles. The number of oxazole rings is 1. The molecule has 0 spiro atoms. The van der Waals surface area contributed by atoms with Crippen LogP contribution in [0.25, 0.3) is 0 Å². The van der Waals surface area contributed by atoms with Gasteiger partial charge < -0.3 is 9.73 Å². The molecule has 0 bridgehead atoms. The van der Waals surface area contributed by atoms with Crippen molar-refractivity contribution in [1.29, 1.82) is 0 Å². The van der Waals surface area contributed by atoms with Crippen LogP contribution in [0.2, 0.25) is 0 Å². The molecular weight excluding hydrogens is 192 g/mol. The predicted octanol–water partition coefficient (Wildman–Crippen LogP) is 1.23. The monoisotopic (exact) mass is 202 g/mol. The van der Waals surface area contributed by atoms with Gasteiger partial charge in [-0.3, -0.25) is 4.79 Å². The Morgan fingerprint density at radius 1 is 1.85 bits per heavy atom. The molecule has 1 atom stereocenters. The van der Waals surface area contributed by atoms with Crippen molar-refractivity contribution < 1.29 is 9.21 Å². The van der Waals surface area contributed by atoms with Crippen LogP contribution in [0, 0.1) is 6.92 Å². The highest BCUT2D eigenvalue weighted by Crippen LogP contribution is 2.03. The highest BCUT2D eigenvalue weighted by atomic mass is 35.5. The third-order valence-corrected chi connectivity index (χ3v) is 1.83. The van der Waals surface area contributed by atoms with Crippen LogP contribution < -0.4 is 5.32 Å². The van der Waals surface area contributed by atoms with E-state index in [-0.39, 0.29) is 5.91 Å². The summed E-state index contributed by atoms with van der Waals surface area (Å²) in [5, 5.41) is 2.11. The molecule has 1 rings (SSSR count). The molecule has 1 unspecified atom stereocenters. The van der Waals surface area contributed by atoms with E-state index < -0.39 is 5.38 Å². The Morgan fingerprint density at radius 3 is 3.00 bits per heavy atom. The number of nitrogens with one attached hydrogen (secondary N) is 1. The first-order chi connectivity index (χ1) is 6.11. The Balaban J connectivity index is 2.44. The zero-order chi connectivity index (χ0) is 9.84. The molecule has 1 N–H and O–H groups in total. The number of hydrogen-bond donors (Lipinski definition) is 1. The summed E-state index contributed by atoms with van der Waals surface area (Å²) in [6.45, 7) is 3.77. The van der Waals surface area contributed by atoms with Crippen LogP contribution >= 0.6 is 11.6 Å². The fraction of sp³-hybridized carbons (Fsp3) is 0.500. The van der Waals surface area contributed by atoms with Gasteiger partial charge in [-0.15, -0.1) is 11.6 Å². The van der Waals surface area contributed by atoms with E-state index in [1.54, 1.807) is 13.8 Å². The largest absolute Gasteiger partial charge is 0.448 e. The summed E-state index contributed by atoms with van der Waals surface area (Å²) in [6.07, 6.45) is 1.35. The highest BCUT2D eigenvalue weighted by molar-refractivity contribution is 6.30. The van der Waals surface area contributed by atoms with Crippen LogP contribution in [-0.4, -0.2) is 16.3 Å². The van der Waals surface area contributed by atoms with Crippen LogP contribution in [0.4, 0.5) is 0 Å². The summed E-state index contributed by atoms with van der Waals surface area (Å²) in [7, 11) is 0. The van der Waals surface area contributed by atoms with Crippen molar-refractivity contribution in [3.8, 4) is 0 Å². The minimum absolute atomic E-state index is 0.205. The van der Waals surface area contributed by atoms with Crippen molar-refractivity contribution >= 4 is 17.5 Å². The lowest BCUT2D eigenvalue weighted by Gasteiger charge is -2.03. The van der Waals surface area contributed by atoms with Gasteiger partial charge in [-0.05, 0) is 13.8 Å². The molecule has 0 aromatic carbocycles. The number of aromatic nitrogens is 1. The smallest absolute Gasteiger partial charge is 0.238 e. The second-order valence-corrected chi connectivity index (χ2v) is 3.34. The van der Waals surface area contributed by atoms with E-state index in [2.05, 4.69) is 10.3 Å². The zero-order valence-electron chi connectivity index (χ0n) is 7.50. The number of alkyl halides is 1. The Bertz CT molecular complexity index is 296. The van der Waals surface area contributed by atoms with Crippen molar-refractivity contribution in [3.05, 3.63) is 17.8 Å². The van der Waals surface area contributed by atoms with Gasteiger partial charge in [0.25, 0.3) is 0 Å². The molecule has 13 heavy (non-hydrogen) atoms. The number of aryl methyl sites for hydroxylation is 1. The molecule has 1 aromatic heterocycles. The van der Waals surface area contributed by atoms with Crippen molar-refractivity contribution in [2.24, 2.45) is 0 Å². The Morgan fingerprint density at radius 2 is 2.54 bits per heavy atom. The minimum atomic E-state index is -0.521. The van der Waals surface area contributed by atoms with Gasteiger partial charge in [0.15, 0.2) is 6.39 Å². The van der Waals surface area contributed by atoms with Gasteiger partial charge in [-0.25, -0.2) is 4.98 Å². The molecule has 0 aliphatic heterocycles. The van der Waals surface area contributed by atoms with Crippen LogP contribution in [0.3, 0.4) is 0 Å². The minimum Gasteiger partial charge on any atom is -0.448 e. The number of halogens is 1. The summed E-state index contributed by atoms with van der Waals surface area (Å²) in [5.41, 5.74) is 0.727. The van der Waals surface area contributed by atoms with Gasteiger partial charge in [0.2, 0.25) is 5.91 Å². The van der Waals surface area contributed by atoms with E-state index >= 15 is 0 Å². The van der Waals surface area contributed by atoms with E-state index in [1.807, 2.05) is 0 Å². The second-order valence-electron chi connectivity index (χ2n) is 2.69. The van der Waals surface area contributed by atoms with Crippen LogP contribution in [0.15, 0.2) is 10.8 Å². The third-order valence-electron chi connectivity index (χ3n) is 1.64. The quantitative estimate of drug-likeness (QED) is 0.750. The first kappa shape index (κ1) is 10.1. The number of amides is 1.